The molecular weight excluding hydrogens is 272 g/mol. The lowest BCUT2D eigenvalue weighted by atomic mass is 10.1. The van der Waals surface area contributed by atoms with Crippen LogP contribution in [0.25, 0.3) is 0 Å². The number of carboxylic acids is 1. The summed E-state index contributed by atoms with van der Waals surface area (Å²) < 4.78 is 5.28. The lowest BCUT2D eigenvalue weighted by Gasteiger charge is -2.17. The van der Waals surface area contributed by atoms with E-state index in [0.717, 1.165) is 16.9 Å². The van der Waals surface area contributed by atoms with E-state index in [2.05, 4.69) is 5.32 Å². The number of urea groups is 1. The summed E-state index contributed by atoms with van der Waals surface area (Å²) in [5, 5.41) is 11.3. The largest absolute Gasteiger partial charge is 0.496 e. The third-order valence-electron chi connectivity index (χ3n) is 3.11. The van der Waals surface area contributed by atoms with Gasteiger partial charge >= 0.3 is 12.0 Å². The number of nitrogens with one attached hydrogen (secondary N) is 1. The molecule has 116 valence electrons. The van der Waals surface area contributed by atoms with E-state index in [0.29, 0.717) is 13.0 Å². The summed E-state index contributed by atoms with van der Waals surface area (Å²) in [7, 11) is 3.19. The molecule has 1 aromatic rings. The van der Waals surface area contributed by atoms with Gasteiger partial charge in [-0.1, -0.05) is 17.7 Å². The van der Waals surface area contributed by atoms with Gasteiger partial charge in [0, 0.05) is 20.1 Å². The molecule has 0 fully saturated rings. The summed E-state index contributed by atoms with van der Waals surface area (Å²) in [6.45, 7) is 2.66. The number of methoxy groups -OCH3 is 1. The van der Waals surface area contributed by atoms with E-state index in [1.54, 1.807) is 14.2 Å². The predicted molar refractivity (Wildman–Crippen MR) is 79.7 cm³/mol. The van der Waals surface area contributed by atoms with Crippen LogP contribution in [0.15, 0.2) is 18.2 Å². The van der Waals surface area contributed by atoms with E-state index < -0.39 is 5.97 Å². The first-order chi connectivity index (χ1) is 9.93. The Bertz CT molecular complexity index is 502. The van der Waals surface area contributed by atoms with Gasteiger partial charge in [-0.2, -0.15) is 0 Å². The number of nitrogens with zero attached hydrogens (tertiary/aromatic N) is 1. The van der Waals surface area contributed by atoms with Crippen molar-refractivity contribution in [3.63, 3.8) is 0 Å². The summed E-state index contributed by atoms with van der Waals surface area (Å²) in [6.07, 6.45) is 0.596. The van der Waals surface area contributed by atoms with Crippen molar-refractivity contribution in [3.8, 4) is 5.75 Å². The van der Waals surface area contributed by atoms with Crippen LogP contribution in [0.3, 0.4) is 0 Å². The van der Waals surface area contributed by atoms with Crippen molar-refractivity contribution in [3.05, 3.63) is 29.3 Å². The van der Waals surface area contributed by atoms with Gasteiger partial charge in [0.1, 0.15) is 5.75 Å². The molecule has 0 radical (unpaired) electrons. The second kappa shape index (κ2) is 8.14. The van der Waals surface area contributed by atoms with Crippen LogP contribution in [-0.4, -0.2) is 49.3 Å². The fourth-order valence-corrected chi connectivity index (χ4v) is 1.91. The zero-order valence-electron chi connectivity index (χ0n) is 12.7. The van der Waals surface area contributed by atoms with Gasteiger partial charge in [0.2, 0.25) is 0 Å². The topological polar surface area (TPSA) is 78.9 Å². The summed E-state index contributed by atoms with van der Waals surface area (Å²) in [5.74, 6) is -0.117. The van der Waals surface area contributed by atoms with Crippen molar-refractivity contribution in [2.24, 2.45) is 0 Å². The number of ether oxygens (including phenoxy) is 1. The average Bonchev–Trinajstić information content (AvgIpc) is 2.44. The second-order valence-corrected chi connectivity index (χ2v) is 4.86. The Morgan fingerprint density at radius 1 is 1.38 bits per heavy atom. The standard InChI is InChI=1S/C15H22N2O4/c1-11-4-5-13(21-3)12(10-11)6-8-16-15(20)17(2)9-7-14(18)19/h4-5,10H,6-9H2,1-3H3,(H,16,20)(H,18,19). The zero-order valence-corrected chi connectivity index (χ0v) is 12.7. The molecule has 21 heavy (non-hydrogen) atoms. The minimum Gasteiger partial charge on any atom is -0.496 e. The molecule has 0 bridgehead atoms. The number of carboxylic acid groups (broad SMARTS) is 1. The van der Waals surface area contributed by atoms with Crippen molar-refractivity contribution in [2.45, 2.75) is 19.8 Å². The smallest absolute Gasteiger partial charge is 0.317 e. The van der Waals surface area contributed by atoms with Crippen LogP contribution in [0.2, 0.25) is 0 Å². The van der Waals surface area contributed by atoms with E-state index in [9.17, 15) is 9.59 Å². The Hall–Kier alpha value is -2.24. The van der Waals surface area contributed by atoms with Gasteiger partial charge in [0.25, 0.3) is 0 Å². The number of rotatable bonds is 7. The van der Waals surface area contributed by atoms with Gasteiger partial charge in [-0.25, -0.2) is 4.79 Å². The quantitative estimate of drug-likeness (QED) is 0.801. The average molecular weight is 294 g/mol. The van der Waals surface area contributed by atoms with Gasteiger partial charge in [-0.3, -0.25) is 4.79 Å². The maximum Gasteiger partial charge on any atom is 0.317 e. The molecule has 0 spiro atoms. The van der Waals surface area contributed by atoms with Crippen LogP contribution in [0.4, 0.5) is 4.79 Å². The van der Waals surface area contributed by atoms with Crippen LogP contribution < -0.4 is 10.1 Å². The Labute approximate surface area is 124 Å². The Balaban J connectivity index is 2.44. The first-order valence-corrected chi connectivity index (χ1v) is 6.78. The number of hydrogen-bond acceptors (Lipinski definition) is 3. The molecule has 6 heteroatoms. The number of carbonyl (C=O) groups is 2. The highest BCUT2D eigenvalue weighted by atomic mass is 16.5. The Morgan fingerprint density at radius 3 is 2.71 bits per heavy atom. The maximum absolute atomic E-state index is 11.8. The van der Waals surface area contributed by atoms with Crippen molar-refractivity contribution in [2.75, 3.05) is 27.2 Å². The molecule has 2 amide bonds. The van der Waals surface area contributed by atoms with Crippen LogP contribution in [0, 0.1) is 6.92 Å². The number of aliphatic carboxylic acids is 1. The Kier molecular flexibility index (Phi) is 6.52. The van der Waals surface area contributed by atoms with Gasteiger partial charge in [-0.05, 0) is 25.0 Å². The highest BCUT2D eigenvalue weighted by Crippen LogP contribution is 2.19. The summed E-state index contributed by atoms with van der Waals surface area (Å²) in [5.41, 5.74) is 2.17. The summed E-state index contributed by atoms with van der Waals surface area (Å²) in [6, 6.07) is 5.63. The SMILES string of the molecule is COc1ccc(C)cc1CCNC(=O)N(C)CCC(=O)O. The minimum atomic E-state index is -0.917. The molecule has 0 aliphatic rings. The number of hydrogen-bond donors (Lipinski definition) is 2. The van der Waals surface area contributed by atoms with Crippen LogP contribution in [0.5, 0.6) is 5.75 Å². The molecule has 6 nitrogen and oxygen atoms in total. The van der Waals surface area contributed by atoms with E-state index in [-0.39, 0.29) is 19.0 Å². The molecule has 2 N–H and O–H groups in total. The van der Waals surface area contributed by atoms with Gasteiger partial charge in [0.05, 0.1) is 13.5 Å². The third-order valence-corrected chi connectivity index (χ3v) is 3.11. The van der Waals surface area contributed by atoms with Crippen LogP contribution in [-0.2, 0) is 11.2 Å². The molecule has 1 rings (SSSR count). The van der Waals surface area contributed by atoms with Gasteiger partial charge in [0.15, 0.2) is 0 Å². The molecule has 0 heterocycles. The number of aryl methyl sites for hydroxylation is 1. The predicted octanol–water partition coefficient (Wildman–Crippen LogP) is 1.66. The van der Waals surface area contributed by atoms with E-state index in [1.807, 2.05) is 25.1 Å². The maximum atomic E-state index is 11.8. The number of benzene rings is 1. The van der Waals surface area contributed by atoms with Crippen LogP contribution in [0.1, 0.15) is 17.5 Å². The zero-order chi connectivity index (χ0) is 15.8. The number of amides is 2. The van der Waals surface area contributed by atoms with Crippen molar-refractivity contribution in [1.29, 1.82) is 0 Å². The van der Waals surface area contributed by atoms with Gasteiger partial charge < -0.3 is 20.1 Å². The third kappa shape index (κ3) is 5.72. The first kappa shape index (κ1) is 16.8. The molecule has 0 saturated carbocycles. The molecule has 0 saturated heterocycles. The van der Waals surface area contributed by atoms with Gasteiger partial charge in [-0.15, -0.1) is 0 Å². The van der Waals surface area contributed by atoms with Crippen molar-refractivity contribution >= 4 is 12.0 Å². The molecular formula is C15H22N2O4. The second-order valence-electron chi connectivity index (χ2n) is 4.86. The Morgan fingerprint density at radius 2 is 2.10 bits per heavy atom. The van der Waals surface area contributed by atoms with E-state index in [1.165, 1.54) is 4.90 Å². The normalized spacial score (nSPS) is 10.0. The molecule has 0 atom stereocenters. The van der Waals surface area contributed by atoms with E-state index >= 15 is 0 Å². The molecule has 0 aliphatic carbocycles. The lowest BCUT2D eigenvalue weighted by molar-refractivity contribution is -0.137. The monoisotopic (exact) mass is 294 g/mol. The highest BCUT2D eigenvalue weighted by Gasteiger charge is 2.10. The number of carbonyl (C=O) groups excluding carboxylic acids is 1. The fourth-order valence-electron chi connectivity index (χ4n) is 1.91. The van der Waals surface area contributed by atoms with E-state index in [4.69, 9.17) is 9.84 Å². The molecule has 0 aliphatic heterocycles. The minimum absolute atomic E-state index is 0.0599. The lowest BCUT2D eigenvalue weighted by Crippen LogP contribution is -2.39. The van der Waals surface area contributed by atoms with Crippen molar-refractivity contribution < 1.29 is 19.4 Å². The first-order valence-electron chi connectivity index (χ1n) is 6.78. The molecule has 0 aromatic heterocycles. The van der Waals surface area contributed by atoms with Crippen molar-refractivity contribution in [1.82, 2.24) is 10.2 Å². The molecule has 0 unspecified atom stereocenters. The fraction of sp³-hybridized carbons (Fsp3) is 0.467. The summed E-state index contributed by atoms with van der Waals surface area (Å²) in [4.78, 5) is 23.6. The summed E-state index contributed by atoms with van der Waals surface area (Å²) >= 11 is 0. The van der Waals surface area contributed by atoms with Crippen LogP contribution >= 0.6 is 0 Å². The highest BCUT2D eigenvalue weighted by molar-refractivity contribution is 5.75. The molecule has 1 aromatic carbocycles.